The summed E-state index contributed by atoms with van der Waals surface area (Å²) < 4.78 is 26.3. The average molecular weight is 506 g/mol. The topological polar surface area (TPSA) is 81.7 Å². The van der Waals surface area contributed by atoms with E-state index in [1.54, 1.807) is 17.3 Å². The van der Waals surface area contributed by atoms with Gasteiger partial charge in [-0.25, -0.2) is 13.9 Å². The molecule has 0 radical (unpaired) electrons. The number of nitrogens with one attached hydrogen (secondary N) is 1. The summed E-state index contributed by atoms with van der Waals surface area (Å²) in [5, 5.41) is 12.2. The van der Waals surface area contributed by atoms with Gasteiger partial charge in [-0.2, -0.15) is 10.2 Å². The van der Waals surface area contributed by atoms with E-state index in [4.69, 9.17) is 11.6 Å². The first-order valence-electron chi connectivity index (χ1n) is 11.8. The van der Waals surface area contributed by atoms with Crippen LogP contribution in [0, 0.1) is 11.3 Å². The molecule has 2 heterocycles. The average Bonchev–Trinajstić information content (AvgIpc) is 2.75. The van der Waals surface area contributed by atoms with Crippen molar-refractivity contribution in [2.24, 2.45) is 16.4 Å². The van der Waals surface area contributed by atoms with Crippen molar-refractivity contribution in [1.82, 2.24) is 20.1 Å². The minimum atomic E-state index is -2.80. The van der Waals surface area contributed by atoms with E-state index in [9.17, 15) is 18.4 Å². The molecule has 1 aromatic carbocycles. The summed E-state index contributed by atoms with van der Waals surface area (Å²) in [6.45, 7) is 2.83. The molecule has 10 heteroatoms. The molecule has 188 valence electrons. The Morgan fingerprint density at radius 2 is 2.03 bits per heavy atom. The van der Waals surface area contributed by atoms with Gasteiger partial charge in [0.15, 0.2) is 6.29 Å². The summed E-state index contributed by atoms with van der Waals surface area (Å²) in [4.78, 5) is 25.6. The number of hydrazone groups is 1. The zero-order valence-corrected chi connectivity index (χ0v) is 20.7. The van der Waals surface area contributed by atoms with Gasteiger partial charge in [-0.15, -0.1) is 0 Å². The fourth-order valence-electron chi connectivity index (χ4n) is 5.59. The summed E-state index contributed by atoms with van der Waals surface area (Å²) in [6, 6.07) is 3.77. The highest BCUT2D eigenvalue weighted by molar-refractivity contribution is 6.33. The number of carbonyl (C=O) groups is 1. The van der Waals surface area contributed by atoms with Crippen molar-refractivity contribution in [3.05, 3.63) is 61.5 Å². The number of alkyl halides is 2. The lowest BCUT2D eigenvalue weighted by Gasteiger charge is -2.59. The Morgan fingerprint density at radius 3 is 2.69 bits per heavy atom. The number of nitrogens with zero attached hydrogens (tertiary/aromatic N) is 4. The van der Waals surface area contributed by atoms with Crippen LogP contribution in [-0.2, 0) is 12.8 Å². The van der Waals surface area contributed by atoms with Crippen LogP contribution in [0.1, 0.15) is 58.3 Å². The van der Waals surface area contributed by atoms with Gasteiger partial charge in [-0.05, 0) is 67.2 Å². The number of H-pyrrole nitrogens is 1. The minimum Gasteiger partial charge on any atom is -0.303 e. The highest BCUT2D eigenvalue weighted by atomic mass is 35.5. The summed E-state index contributed by atoms with van der Waals surface area (Å²) >= 11 is 6.24. The smallest absolute Gasteiger partial charge is 0.273 e. The van der Waals surface area contributed by atoms with E-state index in [0.29, 0.717) is 40.3 Å². The highest BCUT2D eigenvalue weighted by Gasteiger charge is 2.51. The van der Waals surface area contributed by atoms with Crippen molar-refractivity contribution >= 4 is 24.1 Å². The number of hydrogen-bond donors (Lipinski definition) is 1. The second kappa shape index (κ2) is 10.5. The SMILES string of the molecule is CN(C)/N=C\c1c(CC2CC3(C2)CN(CCCc2cn[nH]c(=O)c2C(F)F)C3)ccc(Cl)c1C=O. The molecule has 0 bridgehead atoms. The van der Waals surface area contributed by atoms with Crippen LogP contribution < -0.4 is 5.56 Å². The van der Waals surface area contributed by atoms with Gasteiger partial charge in [0.1, 0.15) is 0 Å². The molecule has 1 N–H and O–H groups in total. The number of likely N-dealkylation sites (tertiary alicyclic amines) is 1. The molecule has 0 unspecified atom stereocenters. The van der Waals surface area contributed by atoms with E-state index in [0.717, 1.165) is 56.3 Å². The summed E-state index contributed by atoms with van der Waals surface area (Å²) in [5.74, 6) is 0.542. The third-order valence-electron chi connectivity index (χ3n) is 7.05. The van der Waals surface area contributed by atoms with Crippen LogP contribution in [0.5, 0.6) is 0 Å². The molecule has 1 saturated carbocycles. The van der Waals surface area contributed by atoms with Gasteiger partial charge in [0.25, 0.3) is 12.0 Å². The van der Waals surface area contributed by atoms with Crippen molar-refractivity contribution in [3.8, 4) is 0 Å². The van der Waals surface area contributed by atoms with Crippen molar-refractivity contribution < 1.29 is 13.6 Å². The van der Waals surface area contributed by atoms with Crippen LogP contribution in [0.15, 0.2) is 28.2 Å². The first-order valence-corrected chi connectivity index (χ1v) is 12.1. The number of aromatic amines is 1. The predicted octanol–water partition coefficient (Wildman–Crippen LogP) is 3.96. The Labute approximate surface area is 208 Å². The van der Waals surface area contributed by atoms with Crippen molar-refractivity contribution in [2.45, 2.75) is 38.5 Å². The van der Waals surface area contributed by atoms with E-state index in [1.165, 1.54) is 6.20 Å². The molecule has 7 nitrogen and oxygen atoms in total. The molecule has 1 aliphatic heterocycles. The van der Waals surface area contributed by atoms with Crippen molar-refractivity contribution in [1.29, 1.82) is 0 Å². The Bertz CT molecular complexity index is 1150. The maximum absolute atomic E-state index is 13.2. The number of aldehydes is 1. The molecule has 1 aliphatic carbocycles. The van der Waals surface area contributed by atoms with E-state index in [1.807, 2.05) is 20.2 Å². The predicted molar refractivity (Wildman–Crippen MR) is 132 cm³/mol. The van der Waals surface area contributed by atoms with E-state index in [2.05, 4.69) is 20.2 Å². The molecular weight excluding hydrogens is 476 g/mol. The molecule has 0 amide bonds. The zero-order chi connectivity index (χ0) is 25.2. The standard InChI is InChI=1S/C25H30ClF2N5O2/c1-32(2)30-12-19-17(5-6-21(26)20(19)13-34)8-16-9-25(10-16)14-33(15-25)7-3-4-18-11-29-31-24(35)22(18)23(27)28/h5-6,11-13,16,23H,3-4,7-10,14-15H2,1-2H3,(H,31,35)/b30-12-. The number of rotatable bonds is 10. The summed E-state index contributed by atoms with van der Waals surface area (Å²) in [5.41, 5.74) is 1.74. The van der Waals surface area contributed by atoms with E-state index < -0.39 is 17.5 Å². The quantitative estimate of drug-likeness (QED) is 0.300. The number of benzene rings is 1. The minimum absolute atomic E-state index is 0.328. The van der Waals surface area contributed by atoms with Crippen LogP contribution in [0.4, 0.5) is 8.78 Å². The van der Waals surface area contributed by atoms with Gasteiger partial charge in [0.2, 0.25) is 0 Å². The molecule has 1 saturated heterocycles. The molecule has 1 spiro atoms. The van der Waals surface area contributed by atoms with Crippen LogP contribution in [-0.4, -0.2) is 66.3 Å². The number of hydrogen-bond acceptors (Lipinski definition) is 6. The molecule has 4 rings (SSSR count). The zero-order valence-electron chi connectivity index (χ0n) is 19.9. The van der Waals surface area contributed by atoms with Crippen LogP contribution in [0.25, 0.3) is 0 Å². The molecule has 2 aliphatic rings. The lowest BCUT2D eigenvalue weighted by Crippen LogP contribution is -2.62. The largest absolute Gasteiger partial charge is 0.303 e. The Kier molecular flexibility index (Phi) is 7.66. The molecule has 2 aromatic rings. The first kappa shape index (κ1) is 25.4. The maximum atomic E-state index is 13.2. The fraction of sp³-hybridized carbons (Fsp3) is 0.520. The summed E-state index contributed by atoms with van der Waals surface area (Å²) in [7, 11) is 3.65. The lowest BCUT2D eigenvalue weighted by molar-refractivity contribution is -0.0937. The van der Waals surface area contributed by atoms with E-state index >= 15 is 0 Å². The number of aryl methyl sites for hydroxylation is 1. The lowest BCUT2D eigenvalue weighted by atomic mass is 9.56. The van der Waals surface area contributed by atoms with Gasteiger partial charge < -0.3 is 9.91 Å². The highest BCUT2D eigenvalue weighted by Crippen LogP contribution is 2.53. The first-order chi connectivity index (χ1) is 16.7. The van der Waals surface area contributed by atoms with Gasteiger partial charge in [-0.3, -0.25) is 9.59 Å². The fourth-order valence-corrected chi connectivity index (χ4v) is 5.80. The van der Waals surface area contributed by atoms with Gasteiger partial charge in [0, 0.05) is 38.3 Å². The van der Waals surface area contributed by atoms with Crippen LogP contribution in [0.2, 0.25) is 5.02 Å². The third kappa shape index (κ3) is 5.62. The normalized spacial score (nSPS) is 17.7. The number of halogens is 3. The maximum Gasteiger partial charge on any atom is 0.273 e. The van der Waals surface area contributed by atoms with Crippen LogP contribution >= 0.6 is 11.6 Å². The van der Waals surface area contributed by atoms with Crippen molar-refractivity contribution in [2.75, 3.05) is 33.7 Å². The van der Waals surface area contributed by atoms with Gasteiger partial charge in [-0.1, -0.05) is 17.7 Å². The second-order valence-electron chi connectivity index (χ2n) is 9.97. The Balaban J connectivity index is 1.27. The molecule has 35 heavy (non-hydrogen) atoms. The molecular formula is C25H30ClF2N5O2. The number of aromatic nitrogens is 2. The summed E-state index contributed by atoms with van der Waals surface area (Å²) in [6.07, 6.45) is 5.28. The second-order valence-corrected chi connectivity index (χ2v) is 10.4. The monoisotopic (exact) mass is 505 g/mol. The van der Waals surface area contributed by atoms with Crippen LogP contribution in [0.3, 0.4) is 0 Å². The Morgan fingerprint density at radius 1 is 1.29 bits per heavy atom. The van der Waals surface area contributed by atoms with E-state index in [-0.39, 0.29) is 0 Å². The number of carbonyl (C=O) groups excluding carboxylic acids is 1. The molecule has 2 fully saturated rings. The third-order valence-corrected chi connectivity index (χ3v) is 7.38. The van der Waals surface area contributed by atoms with Gasteiger partial charge in [0.05, 0.1) is 23.0 Å². The molecule has 1 aromatic heterocycles. The van der Waals surface area contributed by atoms with Crippen molar-refractivity contribution in [3.63, 3.8) is 0 Å². The Hall–Kier alpha value is -2.65. The molecule has 0 atom stereocenters. The van der Waals surface area contributed by atoms with Gasteiger partial charge >= 0.3 is 0 Å².